The van der Waals surface area contributed by atoms with Crippen LogP contribution in [0.1, 0.15) is 16.7 Å². The van der Waals surface area contributed by atoms with Gasteiger partial charge in [-0.15, -0.1) is 0 Å². The summed E-state index contributed by atoms with van der Waals surface area (Å²) in [5.74, 6) is 0.776. The van der Waals surface area contributed by atoms with Crippen LogP contribution in [0.15, 0.2) is 42.5 Å². The van der Waals surface area contributed by atoms with Gasteiger partial charge < -0.3 is 23.7 Å². The Morgan fingerprint density at radius 3 is 2.21 bits per heavy atom. The van der Waals surface area contributed by atoms with Crippen molar-refractivity contribution in [2.24, 2.45) is 0 Å². The quantitative estimate of drug-likeness (QED) is 0.711. The highest BCUT2D eigenvalue weighted by atomic mass is 16.6. The van der Waals surface area contributed by atoms with Gasteiger partial charge in [-0.25, -0.2) is 4.79 Å². The lowest BCUT2D eigenvalue weighted by Crippen LogP contribution is -2.38. The normalized spacial score (nSPS) is 18.4. The van der Waals surface area contributed by atoms with Crippen molar-refractivity contribution in [1.82, 2.24) is 0 Å². The van der Waals surface area contributed by atoms with Gasteiger partial charge in [0.1, 0.15) is 0 Å². The fourth-order valence-electron chi connectivity index (χ4n) is 3.56. The third-order valence-corrected chi connectivity index (χ3v) is 4.84. The van der Waals surface area contributed by atoms with Crippen molar-refractivity contribution in [3.8, 4) is 17.2 Å². The van der Waals surface area contributed by atoms with Crippen molar-refractivity contribution in [3.05, 3.63) is 59.2 Å². The number of esters is 1. The van der Waals surface area contributed by atoms with Gasteiger partial charge in [0.2, 0.25) is 11.4 Å². The third kappa shape index (κ3) is 3.10. The van der Waals surface area contributed by atoms with Crippen LogP contribution in [0, 0.1) is 6.92 Å². The predicted octanol–water partition coefficient (Wildman–Crippen LogP) is 3.50. The predicted molar refractivity (Wildman–Crippen MR) is 105 cm³/mol. The Bertz CT molecular complexity index is 892. The van der Waals surface area contributed by atoms with Crippen molar-refractivity contribution in [2.45, 2.75) is 12.5 Å². The number of benzene rings is 2. The molecule has 0 fully saturated rings. The Hall–Kier alpha value is -2.99. The van der Waals surface area contributed by atoms with Gasteiger partial charge in [0.05, 0.1) is 35.0 Å². The molecule has 1 heterocycles. The van der Waals surface area contributed by atoms with E-state index in [1.165, 1.54) is 28.4 Å². The lowest BCUT2D eigenvalue weighted by Gasteiger charge is -2.30. The van der Waals surface area contributed by atoms with Gasteiger partial charge in [0.15, 0.2) is 11.5 Å². The maximum Gasteiger partial charge on any atom is 0.347 e. The first-order valence-electron chi connectivity index (χ1n) is 8.82. The second-order valence-corrected chi connectivity index (χ2v) is 6.39. The average Bonchev–Trinajstić information content (AvgIpc) is 3.18. The van der Waals surface area contributed by atoms with Gasteiger partial charge in [0.25, 0.3) is 0 Å². The summed E-state index contributed by atoms with van der Waals surface area (Å²) >= 11 is 0. The molecule has 2 aromatic carbocycles. The molecule has 0 aromatic heterocycles. The Balaban J connectivity index is 2.27. The molecular weight excluding hydrogens is 360 g/mol. The van der Waals surface area contributed by atoms with Gasteiger partial charge in [0, 0.05) is 11.1 Å². The third-order valence-electron chi connectivity index (χ3n) is 4.84. The van der Waals surface area contributed by atoms with Crippen molar-refractivity contribution < 1.29 is 28.5 Å². The number of hydrogen-bond donors (Lipinski definition) is 0. The molecule has 1 atom stereocenters. The van der Waals surface area contributed by atoms with Crippen LogP contribution in [0.5, 0.6) is 17.2 Å². The number of methoxy groups -OCH3 is 4. The van der Waals surface area contributed by atoms with Crippen LogP contribution >= 0.6 is 0 Å². The molecule has 0 N–H and O–H groups in total. The molecule has 0 radical (unpaired) electrons. The number of carbonyl (C=O) groups excluding carboxylic acids is 1. The van der Waals surface area contributed by atoms with E-state index in [-0.39, 0.29) is 6.61 Å². The van der Waals surface area contributed by atoms with Crippen molar-refractivity contribution in [3.63, 3.8) is 0 Å². The molecule has 28 heavy (non-hydrogen) atoms. The second kappa shape index (κ2) is 7.94. The number of rotatable bonds is 6. The van der Waals surface area contributed by atoms with E-state index in [1.807, 2.05) is 37.3 Å². The second-order valence-electron chi connectivity index (χ2n) is 6.39. The molecule has 2 aromatic rings. The Morgan fingerprint density at radius 2 is 1.68 bits per heavy atom. The molecule has 1 aliphatic heterocycles. The van der Waals surface area contributed by atoms with Gasteiger partial charge in [-0.05, 0) is 24.6 Å². The summed E-state index contributed by atoms with van der Waals surface area (Å²) in [6, 6.07) is 11.3. The molecule has 0 saturated carbocycles. The molecular formula is C22H24O6. The minimum absolute atomic E-state index is 0.273. The average molecular weight is 384 g/mol. The maximum atomic E-state index is 13.1. The molecule has 3 rings (SSSR count). The zero-order chi connectivity index (χ0) is 20.3. The van der Waals surface area contributed by atoms with E-state index < -0.39 is 11.6 Å². The lowest BCUT2D eigenvalue weighted by atomic mass is 9.82. The summed E-state index contributed by atoms with van der Waals surface area (Å²) in [4.78, 5) is 13.1. The molecule has 6 nitrogen and oxygen atoms in total. The highest BCUT2D eigenvalue weighted by Gasteiger charge is 2.50. The summed E-state index contributed by atoms with van der Waals surface area (Å²) in [5, 5.41) is 0. The first kappa shape index (κ1) is 19.8. The van der Waals surface area contributed by atoms with Crippen LogP contribution in [0.25, 0.3) is 5.57 Å². The van der Waals surface area contributed by atoms with E-state index in [9.17, 15) is 4.79 Å². The number of hydrogen-bond acceptors (Lipinski definition) is 6. The molecule has 0 amide bonds. The number of aryl methyl sites for hydroxylation is 1. The molecule has 148 valence electrons. The number of carbonyl (C=O) groups is 1. The minimum Gasteiger partial charge on any atom is -0.493 e. The molecule has 0 bridgehead atoms. The Labute approximate surface area is 164 Å². The van der Waals surface area contributed by atoms with Crippen LogP contribution in [0.4, 0.5) is 0 Å². The summed E-state index contributed by atoms with van der Waals surface area (Å²) < 4.78 is 27.5. The topological polar surface area (TPSA) is 63.2 Å². The first-order valence-corrected chi connectivity index (χ1v) is 8.82. The van der Waals surface area contributed by atoms with E-state index >= 15 is 0 Å². The molecule has 0 aliphatic carbocycles. The van der Waals surface area contributed by atoms with Crippen LogP contribution in [0.2, 0.25) is 0 Å². The molecule has 1 unspecified atom stereocenters. The molecule has 0 saturated heterocycles. The van der Waals surface area contributed by atoms with E-state index in [0.717, 1.165) is 16.7 Å². The molecule has 1 aliphatic rings. The van der Waals surface area contributed by atoms with Crippen LogP contribution in [-0.4, -0.2) is 41.0 Å². The van der Waals surface area contributed by atoms with Gasteiger partial charge in [-0.1, -0.05) is 35.9 Å². The van der Waals surface area contributed by atoms with Crippen molar-refractivity contribution in [2.75, 3.05) is 35.0 Å². The minimum atomic E-state index is -1.44. The summed E-state index contributed by atoms with van der Waals surface area (Å²) in [7, 11) is 5.93. The fraction of sp³-hybridized carbons (Fsp3) is 0.318. The van der Waals surface area contributed by atoms with E-state index in [4.69, 9.17) is 23.7 Å². The Morgan fingerprint density at radius 1 is 1.00 bits per heavy atom. The summed E-state index contributed by atoms with van der Waals surface area (Å²) in [6.45, 7) is 2.27. The zero-order valence-electron chi connectivity index (χ0n) is 16.7. The van der Waals surface area contributed by atoms with E-state index in [1.54, 1.807) is 12.1 Å². The fourth-order valence-corrected chi connectivity index (χ4v) is 3.56. The molecule has 6 heteroatoms. The first-order chi connectivity index (χ1) is 13.5. The standard InChI is InChI=1S/C22H24O6/c1-14-7-6-8-15(11-14)17-9-10-28-22(17,21(23)27-5)16-12-18(24-2)20(26-4)19(13-16)25-3/h6-9,11-13H,10H2,1-5H3. The highest BCUT2D eigenvalue weighted by molar-refractivity contribution is 5.99. The summed E-state index contributed by atoms with van der Waals surface area (Å²) in [6.07, 6.45) is 1.90. The van der Waals surface area contributed by atoms with Crippen molar-refractivity contribution >= 4 is 11.5 Å². The molecule has 0 spiro atoms. The van der Waals surface area contributed by atoms with Gasteiger partial charge >= 0.3 is 5.97 Å². The number of ether oxygens (including phenoxy) is 5. The van der Waals surface area contributed by atoms with E-state index in [0.29, 0.717) is 22.8 Å². The maximum absolute atomic E-state index is 13.1. The van der Waals surface area contributed by atoms with Crippen molar-refractivity contribution in [1.29, 1.82) is 0 Å². The van der Waals surface area contributed by atoms with Crippen LogP contribution < -0.4 is 14.2 Å². The smallest absolute Gasteiger partial charge is 0.347 e. The van der Waals surface area contributed by atoms with Crippen LogP contribution in [-0.2, 0) is 19.9 Å². The van der Waals surface area contributed by atoms with Gasteiger partial charge in [-0.3, -0.25) is 0 Å². The van der Waals surface area contributed by atoms with Crippen LogP contribution in [0.3, 0.4) is 0 Å². The zero-order valence-corrected chi connectivity index (χ0v) is 16.7. The Kier molecular flexibility index (Phi) is 5.61. The summed E-state index contributed by atoms with van der Waals surface area (Å²) in [5.41, 5.74) is 1.79. The monoisotopic (exact) mass is 384 g/mol. The SMILES string of the molecule is COC(=O)C1(c2cc(OC)c(OC)c(OC)c2)OCC=C1c1cccc(C)c1. The lowest BCUT2D eigenvalue weighted by molar-refractivity contribution is -0.160. The van der Waals surface area contributed by atoms with E-state index in [2.05, 4.69) is 0 Å². The highest BCUT2D eigenvalue weighted by Crippen LogP contribution is 2.49. The largest absolute Gasteiger partial charge is 0.493 e. The van der Waals surface area contributed by atoms with Gasteiger partial charge in [-0.2, -0.15) is 0 Å².